The maximum atomic E-state index is 12.9. The van der Waals surface area contributed by atoms with E-state index in [9.17, 15) is 22.8 Å². The van der Waals surface area contributed by atoms with Gasteiger partial charge in [0, 0.05) is 23.8 Å². The summed E-state index contributed by atoms with van der Waals surface area (Å²) < 4.78 is 38.7. The minimum atomic E-state index is -4.56. The fourth-order valence-electron chi connectivity index (χ4n) is 2.97. The molecule has 0 aliphatic heterocycles. The number of thiazole rings is 1. The van der Waals surface area contributed by atoms with Crippen LogP contribution in [0.15, 0.2) is 48.7 Å². The van der Waals surface area contributed by atoms with Crippen LogP contribution >= 0.6 is 22.9 Å². The third-order valence-corrected chi connectivity index (χ3v) is 6.07. The van der Waals surface area contributed by atoms with Crippen molar-refractivity contribution in [3.63, 3.8) is 0 Å². The summed E-state index contributed by atoms with van der Waals surface area (Å²) in [6.07, 6.45) is -0.686. The van der Waals surface area contributed by atoms with E-state index in [1.807, 2.05) is 0 Å². The minimum Gasteiger partial charge on any atom is -0.322 e. The number of halogens is 4. The van der Waals surface area contributed by atoms with Gasteiger partial charge in [-0.05, 0) is 49.2 Å². The normalized spacial score (nSPS) is 13.6. The maximum absolute atomic E-state index is 12.9. The van der Waals surface area contributed by atoms with Crippen molar-refractivity contribution in [3.8, 4) is 0 Å². The van der Waals surface area contributed by atoms with Crippen LogP contribution in [0, 0.1) is 0 Å². The fraction of sp³-hybridized carbons (Fsp3) is 0.227. The highest BCUT2D eigenvalue weighted by molar-refractivity contribution is 7.15. The SMILES string of the molecule is O=C(Nc1ccc(Cl)c(C(=O)Nc2cnc(CNC3CC3)s2)c1)c1cccc(C(F)(F)F)c1. The maximum Gasteiger partial charge on any atom is 0.416 e. The number of hydrogen-bond acceptors (Lipinski definition) is 5. The molecule has 33 heavy (non-hydrogen) atoms. The highest BCUT2D eigenvalue weighted by atomic mass is 35.5. The highest BCUT2D eigenvalue weighted by Gasteiger charge is 2.31. The zero-order chi connectivity index (χ0) is 23.6. The largest absolute Gasteiger partial charge is 0.416 e. The first kappa shape index (κ1) is 23.2. The van der Waals surface area contributed by atoms with Crippen LogP contribution < -0.4 is 16.0 Å². The first-order valence-electron chi connectivity index (χ1n) is 9.96. The van der Waals surface area contributed by atoms with Crippen molar-refractivity contribution < 1.29 is 22.8 Å². The Morgan fingerprint density at radius 1 is 1.09 bits per heavy atom. The molecule has 1 saturated carbocycles. The van der Waals surface area contributed by atoms with Crippen molar-refractivity contribution in [2.24, 2.45) is 0 Å². The Bertz CT molecular complexity index is 1190. The summed E-state index contributed by atoms with van der Waals surface area (Å²) in [5.74, 6) is -1.24. The number of carbonyl (C=O) groups excluding carboxylic acids is 2. The van der Waals surface area contributed by atoms with E-state index in [0.29, 0.717) is 17.6 Å². The number of nitrogens with zero attached hydrogens (tertiary/aromatic N) is 1. The fourth-order valence-corrected chi connectivity index (χ4v) is 3.93. The van der Waals surface area contributed by atoms with Crippen LogP contribution in [0.2, 0.25) is 5.02 Å². The number of anilines is 2. The molecule has 4 rings (SSSR count). The minimum absolute atomic E-state index is 0.101. The van der Waals surface area contributed by atoms with Gasteiger partial charge in [0.25, 0.3) is 11.8 Å². The van der Waals surface area contributed by atoms with Gasteiger partial charge in [-0.15, -0.1) is 0 Å². The monoisotopic (exact) mass is 494 g/mol. The highest BCUT2D eigenvalue weighted by Crippen LogP contribution is 2.30. The predicted molar refractivity (Wildman–Crippen MR) is 121 cm³/mol. The van der Waals surface area contributed by atoms with Gasteiger partial charge >= 0.3 is 6.18 Å². The van der Waals surface area contributed by atoms with E-state index in [4.69, 9.17) is 11.6 Å². The Hall–Kier alpha value is -2.95. The summed E-state index contributed by atoms with van der Waals surface area (Å²) in [7, 11) is 0. The molecule has 0 radical (unpaired) electrons. The second-order valence-corrected chi connectivity index (χ2v) is 8.98. The first-order valence-corrected chi connectivity index (χ1v) is 11.2. The van der Waals surface area contributed by atoms with Crippen molar-refractivity contribution >= 4 is 45.4 Å². The van der Waals surface area contributed by atoms with Crippen LogP contribution in [0.25, 0.3) is 0 Å². The predicted octanol–water partition coefficient (Wildman–Crippen LogP) is 5.57. The summed E-state index contributed by atoms with van der Waals surface area (Å²) in [6.45, 7) is 0.628. The van der Waals surface area contributed by atoms with Gasteiger partial charge in [-0.2, -0.15) is 13.2 Å². The number of hydrogen-bond donors (Lipinski definition) is 3. The number of benzene rings is 2. The van der Waals surface area contributed by atoms with E-state index in [1.165, 1.54) is 35.6 Å². The van der Waals surface area contributed by atoms with Crippen LogP contribution in [0.4, 0.5) is 23.9 Å². The third kappa shape index (κ3) is 6.10. The summed E-state index contributed by atoms with van der Waals surface area (Å²) in [6, 6.07) is 8.86. The molecular weight excluding hydrogens is 477 g/mol. The molecule has 0 saturated heterocycles. The number of carbonyl (C=O) groups is 2. The van der Waals surface area contributed by atoms with Gasteiger partial charge in [-0.3, -0.25) is 9.59 Å². The lowest BCUT2D eigenvalue weighted by Crippen LogP contribution is -2.16. The molecule has 1 heterocycles. The van der Waals surface area contributed by atoms with Crippen molar-refractivity contribution in [1.82, 2.24) is 10.3 Å². The summed E-state index contributed by atoms with van der Waals surface area (Å²) in [4.78, 5) is 29.4. The van der Waals surface area contributed by atoms with Gasteiger partial charge in [0.2, 0.25) is 0 Å². The number of rotatable bonds is 7. The van der Waals surface area contributed by atoms with Gasteiger partial charge in [0.15, 0.2) is 0 Å². The Morgan fingerprint density at radius 3 is 2.61 bits per heavy atom. The molecule has 1 fully saturated rings. The molecule has 1 aliphatic carbocycles. The molecule has 11 heteroatoms. The molecule has 1 aromatic heterocycles. The third-order valence-electron chi connectivity index (χ3n) is 4.83. The van der Waals surface area contributed by atoms with Crippen LogP contribution in [0.1, 0.15) is 44.1 Å². The van der Waals surface area contributed by atoms with Gasteiger partial charge in [-0.25, -0.2) is 4.98 Å². The molecule has 6 nitrogen and oxygen atoms in total. The quantitative estimate of drug-likeness (QED) is 0.401. The molecule has 0 spiro atoms. The lowest BCUT2D eigenvalue weighted by molar-refractivity contribution is -0.137. The van der Waals surface area contributed by atoms with Gasteiger partial charge in [0.05, 0.1) is 22.3 Å². The van der Waals surface area contributed by atoms with Crippen molar-refractivity contribution in [2.75, 3.05) is 10.6 Å². The molecule has 0 atom stereocenters. The summed E-state index contributed by atoms with van der Waals surface area (Å²) in [5, 5.41) is 10.1. The molecule has 0 bridgehead atoms. The second kappa shape index (κ2) is 9.50. The zero-order valence-corrected chi connectivity index (χ0v) is 18.6. The number of alkyl halides is 3. The van der Waals surface area contributed by atoms with Crippen molar-refractivity contribution in [2.45, 2.75) is 31.6 Å². The van der Waals surface area contributed by atoms with Gasteiger partial charge < -0.3 is 16.0 Å². The molecule has 1 aliphatic rings. The van der Waals surface area contributed by atoms with Crippen LogP contribution in [-0.4, -0.2) is 22.8 Å². The van der Waals surface area contributed by atoms with E-state index in [2.05, 4.69) is 20.9 Å². The van der Waals surface area contributed by atoms with E-state index in [-0.39, 0.29) is 21.8 Å². The molecule has 3 N–H and O–H groups in total. The average molecular weight is 495 g/mol. The molecule has 3 aromatic rings. The standard InChI is InChI=1S/C22H18ClF3N4O2S/c23-17-7-6-15(29-20(31)12-2-1-3-13(8-12)22(24,25)26)9-16(17)21(32)30-19-11-28-18(33-19)10-27-14-4-5-14/h1-3,6-9,11,14,27H,4-5,10H2,(H,29,31)(H,30,32). The molecule has 2 amide bonds. The molecule has 2 aromatic carbocycles. The van der Waals surface area contributed by atoms with E-state index in [0.717, 1.165) is 36.0 Å². The smallest absolute Gasteiger partial charge is 0.322 e. The zero-order valence-electron chi connectivity index (χ0n) is 17.0. The van der Waals surface area contributed by atoms with Gasteiger partial charge in [-0.1, -0.05) is 29.0 Å². The lowest BCUT2D eigenvalue weighted by Gasteiger charge is -2.11. The first-order chi connectivity index (χ1) is 15.7. The number of amides is 2. The van der Waals surface area contributed by atoms with Crippen molar-refractivity contribution in [3.05, 3.63) is 75.4 Å². The Labute approximate surface area is 196 Å². The van der Waals surface area contributed by atoms with Crippen molar-refractivity contribution in [1.29, 1.82) is 0 Å². The molecular formula is C22H18ClF3N4O2S. The summed E-state index contributed by atoms with van der Waals surface area (Å²) >= 11 is 7.49. The van der Waals surface area contributed by atoms with Gasteiger partial charge in [0.1, 0.15) is 10.0 Å². The Kier molecular flexibility index (Phi) is 6.68. The summed E-state index contributed by atoms with van der Waals surface area (Å²) in [5.41, 5.74) is -0.777. The average Bonchev–Trinajstić information content (AvgIpc) is 3.51. The lowest BCUT2D eigenvalue weighted by atomic mass is 10.1. The Balaban J connectivity index is 1.44. The van der Waals surface area contributed by atoms with E-state index >= 15 is 0 Å². The topological polar surface area (TPSA) is 83.1 Å². The molecule has 0 unspecified atom stereocenters. The second-order valence-electron chi connectivity index (χ2n) is 7.45. The van der Waals surface area contributed by atoms with Crippen LogP contribution in [-0.2, 0) is 12.7 Å². The Morgan fingerprint density at radius 2 is 1.88 bits per heavy atom. The van der Waals surface area contributed by atoms with Crippen LogP contribution in [0.3, 0.4) is 0 Å². The van der Waals surface area contributed by atoms with E-state index < -0.39 is 23.6 Å². The van der Waals surface area contributed by atoms with Crippen LogP contribution in [0.5, 0.6) is 0 Å². The van der Waals surface area contributed by atoms with E-state index in [1.54, 1.807) is 6.20 Å². The molecule has 172 valence electrons. The number of aromatic nitrogens is 1. The number of nitrogens with one attached hydrogen (secondary N) is 3.